The maximum Gasteiger partial charge on any atom is 0.289 e. The van der Waals surface area contributed by atoms with Gasteiger partial charge in [0.25, 0.3) is 5.91 Å². The zero-order valence-corrected chi connectivity index (χ0v) is 13.7. The number of likely N-dealkylation sites (tertiary alicyclic amines) is 1. The van der Waals surface area contributed by atoms with Crippen molar-refractivity contribution in [3.63, 3.8) is 0 Å². The number of carbonyl (C=O) groups excluding carboxylic acids is 1. The van der Waals surface area contributed by atoms with Gasteiger partial charge in [-0.3, -0.25) is 4.79 Å². The summed E-state index contributed by atoms with van der Waals surface area (Å²) in [6, 6.07) is 5.56. The molecule has 1 aliphatic rings. The Kier molecular flexibility index (Phi) is 4.23. The number of hydrogen-bond acceptors (Lipinski definition) is 5. The number of hydrogen-bond donors (Lipinski definition) is 0. The molecule has 0 aromatic carbocycles. The Balaban J connectivity index is 1.67. The predicted octanol–water partition coefficient (Wildman–Crippen LogP) is 2.34. The van der Waals surface area contributed by atoms with E-state index in [2.05, 4.69) is 4.98 Å². The molecule has 1 unspecified atom stereocenters. The first-order valence-electron chi connectivity index (χ1n) is 7.68. The lowest BCUT2D eigenvalue weighted by atomic mass is 10.2. The van der Waals surface area contributed by atoms with Gasteiger partial charge in [-0.1, -0.05) is 0 Å². The van der Waals surface area contributed by atoms with E-state index < -0.39 is 0 Å². The van der Waals surface area contributed by atoms with Crippen molar-refractivity contribution in [1.29, 1.82) is 0 Å². The number of furan rings is 1. The summed E-state index contributed by atoms with van der Waals surface area (Å²) in [5.74, 6) is 1.88. The molecule has 6 nitrogen and oxygen atoms in total. The summed E-state index contributed by atoms with van der Waals surface area (Å²) >= 11 is 0. The Bertz CT molecular complexity index is 696. The Labute approximate surface area is 135 Å². The van der Waals surface area contributed by atoms with Crippen molar-refractivity contribution in [1.82, 2.24) is 9.88 Å². The number of anilines is 1. The molecular weight excluding hydrogens is 294 g/mol. The third-order valence-corrected chi connectivity index (χ3v) is 3.96. The molecule has 2 aromatic rings. The van der Waals surface area contributed by atoms with Crippen LogP contribution in [0.25, 0.3) is 0 Å². The topological polar surface area (TPSA) is 58.8 Å². The van der Waals surface area contributed by atoms with E-state index in [0.717, 1.165) is 23.6 Å². The van der Waals surface area contributed by atoms with Crippen molar-refractivity contribution >= 4 is 11.7 Å². The van der Waals surface area contributed by atoms with Gasteiger partial charge in [-0.15, -0.1) is 0 Å². The molecule has 0 saturated carbocycles. The molecule has 0 bridgehead atoms. The summed E-state index contributed by atoms with van der Waals surface area (Å²) in [5.41, 5.74) is 0.863. The van der Waals surface area contributed by atoms with E-state index in [0.29, 0.717) is 18.8 Å². The number of rotatable bonds is 4. The molecule has 1 aliphatic heterocycles. The van der Waals surface area contributed by atoms with Gasteiger partial charge in [0, 0.05) is 38.8 Å². The fourth-order valence-corrected chi connectivity index (χ4v) is 2.73. The van der Waals surface area contributed by atoms with Crippen LogP contribution in [0.3, 0.4) is 0 Å². The molecule has 1 atom stereocenters. The van der Waals surface area contributed by atoms with Gasteiger partial charge >= 0.3 is 0 Å². The zero-order valence-electron chi connectivity index (χ0n) is 13.7. The highest BCUT2D eigenvalue weighted by molar-refractivity contribution is 5.93. The van der Waals surface area contributed by atoms with Crippen LogP contribution in [0.5, 0.6) is 5.75 Å². The molecular formula is C17H21N3O3. The SMILES string of the molecule is Cc1ccoc1C(=O)N1CCC(Oc2cccnc2N(C)C)C1. The lowest BCUT2D eigenvalue weighted by Crippen LogP contribution is -2.31. The fourth-order valence-electron chi connectivity index (χ4n) is 2.73. The summed E-state index contributed by atoms with van der Waals surface area (Å²) in [7, 11) is 3.86. The first-order valence-corrected chi connectivity index (χ1v) is 7.68. The molecule has 1 fully saturated rings. The third-order valence-electron chi connectivity index (χ3n) is 3.96. The second kappa shape index (κ2) is 6.32. The molecule has 3 heterocycles. The monoisotopic (exact) mass is 315 g/mol. The second-order valence-electron chi connectivity index (χ2n) is 5.93. The van der Waals surface area contributed by atoms with Gasteiger partial charge < -0.3 is 19.0 Å². The first kappa shape index (κ1) is 15.4. The molecule has 2 aromatic heterocycles. The van der Waals surface area contributed by atoms with E-state index >= 15 is 0 Å². The molecule has 122 valence electrons. The summed E-state index contributed by atoms with van der Waals surface area (Å²) in [6.07, 6.45) is 4.06. The molecule has 1 amide bonds. The van der Waals surface area contributed by atoms with Crippen LogP contribution < -0.4 is 9.64 Å². The predicted molar refractivity (Wildman–Crippen MR) is 86.9 cm³/mol. The van der Waals surface area contributed by atoms with Gasteiger partial charge in [0.05, 0.1) is 12.8 Å². The third kappa shape index (κ3) is 3.16. The number of aromatic nitrogens is 1. The average molecular weight is 315 g/mol. The lowest BCUT2D eigenvalue weighted by molar-refractivity contribution is 0.0740. The van der Waals surface area contributed by atoms with Crippen LogP contribution in [0.1, 0.15) is 22.5 Å². The minimum atomic E-state index is -0.0716. The fraction of sp³-hybridized carbons (Fsp3) is 0.412. The van der Waals surface area contributed by atoms with Crippen LogP contribution in [-0.2, 0) is 0 Å². The van der Waals surface area contributed by atoms with E-state index in [1.807, 2.05) is 38.1 Å². The highest BCUT2D eigenvalue weighted by Gasteiger charge is 2.30. The molecule has 3 rings (SSSR count). The maximum atomic E-state index is 12.5. The van der Waals surface area contributed by atoms with Gasteiger partial charge in [-0.05, 0) is 25.1 Å². The first-order chi connectivity index (χ1) is 11.1. The zero-order chi connectivity index (χ0) is 16.4. The minimum Gasteiger partial charge on any atom is -0.485 e. The Morgan fingerprint density at radius 1 is 1.43 bits per heavy atom. The molecule has 0 radical (unpaired) electrons. The number of aryl methyl sites for hydroxylation is 1. The number of pyridine rings is 1. The van der Waals surface area contributed by atoms with E-state index in [-0.39, 0.29) is 12.0 Å². The smallest absolute Gasteiger partial charge is 0.289 e. The summed E-state index contributed by atoms with van der Waals surface area (Å²) in [4.78, 5) is 20.5. The van der Waals surface area contributed by atoms with Crippen LogP contribution in [0.2, 0.25) is 0 Å². The quantitative estimate of drug-likeness (QED) is 0.867. The summed E-state index contributed by atoms with van der Waals surface area (Å²) in [6.45, 7) is 3.10. The van der Waals surface area contributed by atoms with Gasteiger partial charge in [0.1, 0.15) is 6.10 Å². The normalized spacial score (nSPS) is 17.3. The summed E-state index contributed by atoms with van der Waals surface area (Å²) < 4.78 is 11.4. The van der Waals surface area contributed by atoms with E-state index in [1.165, 1.54) is 0 Å². The van der Waals surface area contributed by atoms with Crippen LogP contribution in [-0.4, -0.2) is 49.1 Å². The Morgan fingerprint density at radius 2 is 2.26 bits per heavy atom. The number of nitrogens with zero attached hydrogens (tertiary/aromatic N) is 3. The highest BCUT2D eigenvalue weighted by atomic mass is 16.5. The summed E-state index contributed by atoms with van der Waals surface area (Å²) in [5, 5.41) is 0. The lowest BCUT2D eigenvalue weighted by Gasteiger charge is -2.20. The van der Waals surface area contributed by atoms with E-state index in [1.54, 1.807) is 23.4 Å². The van der Waals surface area contributed by atoms with Crippen molar-refractivity contribution in [2.45, 2.75) is 19.4 Å². The van der Waals surface area contributed by atoms with Crippen molar-refractivity contribution in [2.75, 3.05) is 32.1 Å². The average Bonchev–Trinajstić information content (AvgIpc) is 3.16. The van der Waals surface area contributed by atoms with Crippen molar-refractivity contribution in [3.05, 3.63) is 42.0 Å². The Hall–Kier alpha value is -2.50. The molecule has 0 aliphatic carbocycles. The van der Waals surface area contributed by atoms with Crippen LogP contribution >= 0.6 is 0 Å². The minimum absolute atomic E-state index is 0.0304. The molecule has 1 saturated heterocycles. The van der Waals surface area contributed by atoms with Crippen molar-refractivity contribution in [3.8, 4) is 5.75 Å². The number of ether oxygens (including phenoxy) is 1. The van der Waals surface area contributed by atoms with Crippen LogP contribution in [0.4, 0.5) is 5.82 Å². The molecule has 0 spiro atoms. The highest BCUT2D eigenvalue weighted by Crippen LogP contribution is 2.27. The van der Waals surface area contributed by atoms with Gasteiger partial charge in [0.15, 0.2) is 17.3 Å². The van der Waals surface area contributed by atoms with Crippen molar-refractivity contribution < 1.29 is 13.9 Å². The maximum absolute atomic E-state index is 12.5. The van der Waals surface area contributed by atoms with Gasteiger partial charge in [0.2, 0.25) is 0 Å². The van der Waals surface area contributed by atoms with Gasteiger partial charge in [-0.25, -0.2) is 4.98 Å². The van der Waals surface area contributed by atoms with Crippen molar-refractivity contribution in [2.24, 2.45) is 0 Å². The Morgan fingerprint density at radius 3 is 2.96 bits per heavy atom. The van der Waals surface area contributed by atoms with Crippen LogP contribution in [0, 0.1) is 6.92 Å². The largest absolute Gasteiger partial charge is 0.485 e. The van der Waals surface area contributed by atoms with Crippen LogP contribution in [0.15, 0.2) is 35.1 Å². The number of carbonyl (C=O) groups is 1. The standard InChI is InChI=1S/C17H21N3O3/c1-12-7-10-22-15(12)17(21)20-9-6-13(11-20)23-14-5-4-8-18-16(14)19(2)3/h4-5,7-8,10,13H,6,9,11H2,1-3H3. The van der Waals surface area contributed by atoms with E-state index in [4.69, 9.17) is 9.15 Å². The second-order valence-corrected chi connectivity index (χ2v) is 5.93. The molecule has 6 heteroatoms. The van der Waals surface area contributed by atoms with E-state index in [9.17, 15) is 4.79 Å². The number of amides is 1. The van der Waals surface area contributed by atoms with Gasteiger partial charge in [-0.2, -0.15) is 0 Å². The molecule has 0 N–H and O–H groups in total. The molecule has 23 heavy (non-hydrogen) atoms.